The largest absolute Gasteiger partial charge is 0.381 e. The zero-order valence-corrected chi connectivity index (χ0v) is 13.7. The maximum Gasteiger partial charge on any atom is 0.158 e. The maximum absolute atomic E-state index is 12.6. The molecule has 2 heterocycles. The molecule has 0 radical (unpaired) electrons. The molecule has 5 nitrogen and oxygen atoms in total. The Bertz CT molecular complexity index is 493. The molecule has 0 saturated carbocycles. The van der Waals surface area contributed by atoms with Crippen LogP contribution >= 0.6 is 15.9 Å². The summed E-state index contributed by atoms with van der Waals surface area (Å²) in [6.07, 6.45) is 2.38. The second kappa shape index (κ2) is 6.37. The van der Waals surface area contributed by atoms with E-state index in [1.807, 2.05) is 11.6 Å². The number of nitrogens with zero attached hydrogens (tertiary/aromatic N) is 2. The van der Waals surface area contributed by atoms with Crippen molar-refractivity contribution in [1.82, 2.24) is 9.78 Å². The number of nitrogens with two attached hydrogens (primary N) is 1. The molecule has 1 saturated heterocycles. The highest BCUT2D eigenvalue weighted by atomic mass is 79.9. The summed E-state index contributed by atoms with van der Waals surface area (Å²) in [4.78, 5) is 12.6. The minimum Gasteiger partial charge on any atom is -0.381 e. The van der Waals surface area contributed by atoms with E-state index in [0.29, 0.717) is 32.5 Å². The summed E-state index contributed by atoms with van der Waals surface area (Å²) >= 11 is 3.57. The average Bonchev–Trinajstić information content (AvgIpc) is 2.76. The van der Waals surface area contributed by atoms with Crippen molar-refractivity contribution in [3.63, 3.8) is 0 Å². The van der Waals surface area contributed by atoms with Gasteiger partial charge in [-0.25, -0.2) is 0 Å². The first-order valence-electron chi connectivity index (χ1n) is 7.15. The highest BCUT2D eigenvalue weighted by Gasteiger charge is 2.36. The number of halogens is 1. The molecule has 0 aliphatic carbocycles. The highest BCUT2D eigenvalue weighted by molar-refractivity contribution is 9.10. The van der Waals surface area contributed by atoms with Gasteiger partial charge in [0.25, 0.3) is 0 Å². The number of aryl methyl sites for hydroxylation is 2. The quantitative estimate of drug-likeness (QED) is 0.885. The second-order valence-electron chi connectivity index (χ2n) is 5.25. The number of ketones is 1. The lowest BCUT2D eigenvalue weighted by Crippen LogP contribution is -2.52. The Morgan fingerprint density at radius 3 is 2.65 bits per heavy atom. The van der Waals surface area contributed by atoms with Crippen LogP contribution in [0.3, 0.4) is 0 Å². The SMILES string of the molecule is CCc1nn(CC)c(CC(=O)C2(N)CCOCC2)c1Br. The van der Waals surface area contributed by atoms with Crippen LogP contribution in [0.1, 0.15) is 38.1 Å². The van der Waals surface area contributed by atoms with E-state index in [9.17, 15) is 4.79 Å². The van der Waals surface area contributed by atoms with Crippen LogP contribution in [0.2, 0.25) is 0 Å². The average molecular weight is 344 g/mol. The van der Waals surface area contributed by atoms with Crippen molar-refractivity contribution in [2.24, 2.45) is 5.73 Å². The van der Waals surface area contributed by atoms with Crippen LogP contribution in [0.15, 0.2) is 4.47 Å². The molecule has 112 valence electrons. The number of rotatable bonds is 5. The van der Waals surface area contributed by atoms with Gasteiger partial charge in [-0.05, 0) is 42.1 Å². The predicted octanol–water partition coefficient (Wildman–Crippen LogP) is 1.85. The molecule has 0 amide bonds. The van der Waals surface area contributed by atoms with Crippen molar-refractivity contribution in [2.45, 2.75) is 51.6 Å². The third-order valence-corrected chi connectivity index (χ3v) is 4.88. The van der Waals surface area contributed by atoms with Gasteiger partial charge in [-0.1, -0.05) is 6.92 Å². The first-order valence-corrected chi connectivity index (χ1v) is 7.95. The first kappa shape index (κ1) is 15.7. The smallest absolute Gasteiger partial charge is 0.158 e. The molecule has 0 bridgehead atoms. The maximum atomic E-state index is 12.6. The van der Waals surface area contributed by atoms with E-state index in [1.165, 1.54) is 0 Å². The molecule has 0 unspecified atom stereocenters. The predicted molar refractivity (Wildman–Crippen MR) is 80.7 cm³/mol. The van der Waals surface area contributed by atoms with Gasteiger partial charge in [-0.2, -0.15) is 5.10 Å². The van der Waals surface area contributed by atoms with Crippen molar-refractivity contribution < 1.29 is 9.53 Å². The summed E-state index contributed by atoms with van der Waals surface area (Å²) in [7, 11) is 0. The Hall–Kier alpha value is -0.720. The summed E-state index contributed by atoms with van der Waals surface area (Å²) < 4.78 is 8.14. The van der Waals surface area contributed by atoms with Crippen LogP contribution in [-0.4, -0.2) is 34.3 Å². The number of carbonyl (C=O) groups excluding carboxylic acids is 1. The second-order valence-corrected chi connectivity index (χ2v) is 6.04. The third kappa shape index (κ3) is 2.97. The van der Waals surface area contributed by atoms with Gasteiger partial charge < -0.3 is 10.5 Å². The van der Waals surface area contributed by atoms with Crippen molar-refractivity contribution >= 4 is 21.7 Å². The topological polar surface area (TPSA) is 70.1 Å². The molecule has 0 spiro atoms. The highest BCUT2D eigenvalue weighted by Crippen LogP contribution is 2.26. The zero-order valence-electron chi connectivity index (χ0n) is 12.1. The monoisotopic (exact) mass is 343 g/mol. The minimum atomic E-state index is -0.743. The van der Waals surface area contributed by atoms with E-state index in [4.69, 9.17) is 10.5 Å². The molecule has 0 aromatic carbocycles. The van der Waals surface area contributed by atoms with Crippen LogP contribution in [0, 0.1) is 0 Å². The minimum absolute atomic E-state index is 0.0822. The van der Waals surface area contributed by atoms with Crippen LogP contribution in [0.4, 0.5) is 0 Å². The number of aromatic nitrogens is 2. The fourth-order valence-electron chi connectivity index (χ4n) is 2.53. The lowest BCUT2D eigenvalue weighted by Gasteiger charge is -2.31. The standard InChI is InChI=1S/C14H22BrN3O2/c1-3-10-13(15)11(18(4-2)17-10)9-12(19)14(16)5-7-20-8-6-14/h3-9,16H2,1-2H3. The molecule has 0 atom stereocenters. The molecule has 20 heavy (non-hydrogen) atoms. The van der Waals surface area contributed by atoms with Gasteiger partial charge in [0.05, 0.1) is 27.8 Å². The lowest BCUT2D eigenvalue weighted by molar-refractivity contribution is -0.127. The fourth-order valence-corrected chi connectivity index (χ4v) is 3.23. The van der Waals surface area contributed by atoms with Crippen LogP contribution in [0.5, 0.6) is 0 Å². The van der Waals surface area contributed by atoms with Crippen LogP contribution < -0.4 is 5.73 Å². The summed E-state index contributed by atoms with van der Waals surface area (Å²) in [5.41, 5.74) is 7.44. The van der Waals surface area contributed by atoms with Gasteiger partial charge in [0, 0.05) is 19.8 Å². The van der Waals surface area contributed by atoms with Gasteiger partial charge in [-0.3, -0.25) is 9.48 Å². The molecule has 6 heteroatoms. The van der Waals surface area contributed by atoms with Gasteiger partial charge in [0.1, 0.15) is 0 Å². The Labute approximate surface area is 128 Å². The normalized spacial score (nSPS) is 18.2. The van der Waals surface area contributed by atoms with Gasteiger partial charge in [0.15, 0.2) is 5.78 Å². The Balaban J connectivity index is 2.20. The van der Waals surface area contributed by atoms with E-state index >= 15 is 0 Å². The summed E-state index contributed by atoms with van der Waals surface area (Å²) in [6.45, 7) is 5.97. The number of ether oxygens (including phenoxy) is 1. The number of Topliss-reactive ketones (excluding diaryl/α,β-unsaturated/α-hetero) is 1. The molecule has 2 rings (SSSR count). The number of carbonyl (C=O) groups is 1. The van der Waals surface area contributed by atoms with Crippen molar-refractivity contribution in [1.29, 1.82) is 0 Å². The third-order valence-electron chi connectivity index (χ3n) is 3.96. The lowest BCUT2D eigenvalue weighted by atomic mass is 9.85. The molecule has 1 aliphatic rings. The van der Waals surface area contributed by atoms with Gasteiger partial charge >= 0.3 is 0 Å². The molecular weight excluding hydrogens is 322 g/mol. The summed E-state index contributed by atoms with van der Waals surface area (Å²) in [5.74, 6) is 0.0822. The molecule has 1 aliphatic heterocycles. The summed E-state index contributed by atoms with van der Waals surface area (Å²) in [6, 6.07) is 0. The molecule has 1 aromatic heterocycles. The molecular formula is C14H22BrN3O2. The molecule has 2 N–H and O–H groups in total. The van der Waals surface area contributed by atoms with Crippen molar-refractivity contribution in [3.8, 4) is 0 Å². The fraction of sp³-hybridized carbons (Fsp3) is 0.714. The van der Waals surface area contributed by atoms with E-state index in [0.717, 1.165) is 28.8 Å². The van der Waals surface area contributed by atoms with Crippen molar-refractivity contribution in [2.75, 3.05) is 13.2 Å². The van der Waals surface area contributed by atoms with E-state index in [2.05, 4.69) is 28.0 Å². The van der Waals surface area contributed by atoms with E-state index in [-0.39, 0.29) is 5.78 Å². The Kier molecular flexibility index (Phi) is 4.99. The number of hydrogen-bond acceptors (Lipinski definition) is 4. The summed E-state index contributed by atoms with van der Waals surface area (Å²) in [5, 5.41) is 4.52. The van der Waals surface area contributed by atoms with Crippen LogP contribution in [-0.2, 0) is 28.9 Å². The molecule has 1 fully saturated rings. The van der Waals surface area contributed by atoms with Gasteiger partial charge in [-0.15, -0.1) is 0 Å². The Morgan fingerprint density at radius 2 is 2.10 bits per heavy atom. The van der Waals surface area contributed by atoms with E-state index in [1.54, 1.807) is 0 Å². The number of hydrogen-bond donors (Lipinski definition) is 1. The van der Waals surface area contributed by atoms with E-state index < -0.39 is 5.54 Å². The molecule has 1 aromatic rings. The van der Waals surface area contributed by atoms with Gasteiger partial charge in [0.2, 0.25) is 0 Å². The van der Waals surface area contributed by atoms with Crippen LogP contribution in [0.25, 0.3) is 0 Å². The van der Waals surface area contributed by atoms with Crippen molar-refractivity contribution in [3.05, 3.63) is 15.9 Å². The zero-order chi connectivity index (χ0) is 14.8. The first-order chi connectivity index (χ1) is 9.51. The Morgan fingerprint density at radius 1 is 1.45 bits per heavy atom.